The average Bonchev–Trinajstić information content (AvgIpc) is 3.40. The number of rotatable bonds is 3. The molecule has 0 aromatic carbocycles. The topological polar surface area (TPSA) is 121 Å². The van der Waals surface area contributed by atoms with Gasteiger partial charge in [-0.3, -0.25) is 5.32 Å². The molecule has 7 rings (SSSR count). The number of allylic oxidation sites excluding steroid dienone is 1. The SMILES string of the molecule is CC1CC[C@@]2(NC1)OC1CC3C4CC=C5C[C@@H](O[C@@H]6OC(CO)[C@@H](O)[C@H](O)C6O)CC[C@]5(C)C4CC[C@]3(C)C1[C@@H]2C. The zero-order valence-electron chi connectivity index (χ0n) is 25.4. The molecule has 3 saturated carbocycles. The van der Waals surface area contributed by atoms with Crippen LogP contribution in [0.1, 0.15) is 85.5 Å². The first-order valence-electron chi connectivity index (χ1n) is 16.6. The van der Waals surface area contributed by atoms with Gasteiger partial charge in [0.25, 0.3) is 0 Å². The van der Waals surface area contributed by atoms with Crippen LogP contribution in [-0.2, 0) is 14.2 Å². The molecule has 0 amide bonds. The Bertz CT molecular complexity index is 1030. The van der Waals surface area contributed by atoms with Crippen LogP contribution in [0, 0.1) is 46.3 Å². The van der Waals surface area contributed by atoms with E-state index in [1.165, 1.54) is 31.3 Å². The second-order valence-electron chi connectivity index (χ2n) is 15.6. The Balaban J connectivity index is 1.05. The third kappa shape index (κ3) is 4.29. The van der Waals surface area contributed by atoms with Crippen molar-refractivity contribution in [3.63, 3.8) is 0 Å². The molecule has 3 heterocycles. The van der Waals surface area contributed by atoms with E-state index in [1.807, 2.05) is 0 Å². The number of ether oxygens (including phenoxy) is 3. The van der Waals surface area contributed by atoms with Gasteiger partial charge in [0.05, 0.1) is 18.8 Å². The number of hydrogen-bond donors (Lipinski definition) is 5. The zero-order chi connectivity index (χ0) is 28.9. The summed E-state index contributed by atoms with van der Waals surface area (Å²) in [5.74, 6) is 3.99. The third-order valence-corrected chi connectivity index (χ3v) is 13.7. The molecule has 4 aliphatic carbocycles. The molecule has 0 aromatic heterocycles. The monoisotopic (exact) mass is 575 g/mol. The van der Waals surface area contributed by atoms with Crippen LogP contribution in [-0.4, -0.2) is 82.2 Å². The number of hydrogen-bond acceptors (Lipinski definition) is 8. The van der Waals surface area contributed by atoms with E-state index in [2.05, 4.69) is 39.1 Å². The van der Waals surface area contributed by atoms with E-state index in [-0.39, 0.29) is 17.2 Å². The van der Waals surface area contributed by atoms with Crippen LogP contribution >= 0.6 is 0 Å². The lowest BCUT2D eigenvalue weighted by atomic mass is 9.47. The first kappa shape index (κ1) is 29.1. The van der Waals surface area contributed by atoms with Gasteiger partial charge in [-0.2, -0.15) is 0 Å². The Hall–Kier alpha value is -0.580. The maximum atomic E-state index is 10.5. The minimum Gasteiger partial charge on any atom is -0.394 e. The molecule has 0 bridgehead atoms. The molecule has 8 nitrogen and oxygen atoms in total. The standard InChI is InChI=1S/C33H53NO7/c1-17-7-12-33(34-15-17)18(2)26-24(41-33)14-23-21-6-5-19-13-20(8-10-31(19,3)22(21)9-11-32(23,26)4)39-30-29(38)28(37)27(36)25(16-35)40-30/h5,17-18,20-30,34-38H,6-16H2,1-4H3/t17?,18-,20-,21?,22?,23?,24?,25?,26?,27+,28-,29?,30+,31-,32-,33+/m0/s1. The molecule has 1 spiro atoms. The molecule has 3 aliphatic heterocycles. The first-order valence-corrected chi connectivity index (χ1v) is 16.6. The van der Waals surface area contributed by atoms with Crippen molar-refractivity contribution in [1.82, 2.24) is 5.32 Å². The van der Waals surface area contributed by atoms with Crippen molar-refractivity contribution in [2.24, 2.45) is 46.3 Å². The number of aliphatic hydroxyl groups excluding tert-OH is 4. The highest BCUT2D eigenvalue weighted by atomic mass is 16.7. The maximum absolute atomic E-state index is 10.5. The highest BCUT2D eigenvalue weighted by Gasteiger charge is 2.68. The molecule has 41 heavy (non-hydrogen) atoms. The molecule has 0 aromatic rings. The molecule has 7 aliphatic rings. The van der Waals surface area contributed by atoms with E-state index in [0.29, 0.717) is 41.1 Å². The number of piperidine rings is 1. The normalized spacial score (nSPS) is 58.3. The molecule has 232 valence electrons. The van der Waals surface area contributed by atoms with Crippen LogP contribution in [0.4, 0.5) is 0 Å². The third-order valence-electron chi connectivity index (χ3n) is 13.7. The summed E-state index contributed by atoms with van der Waals surface area (Å²) in [6.45, 7) is 10.5. The van der Waals surface area contributed by atoms with E-state index in [0.717, 1.165) is 44.6 Å². The lowest BCUT2D eigenvalue weighted by molar-refractivity contribution is -0.313. The summed E-state index contributed by atoms with van der Waals surface area (Å²) in [7, 11) is 0. The van der Waals surface area contributed by atoms with Gasteiger partial charge in [-0.15, -0.1) is 0 Å². The van der Waals surface area contributed by atoms with Crippen molar-refractivity contribution in [3.8, 4) is 0 Å². The van der Waals surface area contributed by atoms with Crippen molar-refractivity contribution in [2.45, 2.75) is 134 Å². The van der Waals surface area contributed by atoms with Crippen molar-refractivity contribution in [3.05, 3.63) is 11.6 Å². The van der Waals surface area contributed by atoms with Crippen LogP contribution in [0.2, 0.25) is 0 Å². The first-order chi connectivity index (χ1) is 19.5. The summed E-state index contributed by atoms with van der Waals surface area (Å²) in [6.07, 6.45) is 6.64. The molecule has 8 heteroatoms. The molecule has 6 fully saturated rings. The van der Waals surface area contributed by atoms with E-state index >= 15 is 0 Å². The van der Waals surface area contributed by atoms with Crippen LogP contribution in [0.15, 0.2) is 11.6 Å². The fourth-order valence-electron chi connectivity index (χ4n) is 11.3. The Morgan fingerprint density at radius 1 is 1.00 bits per heavy atom. The minimum absolute atomic E-state index is 0.113. The smallest absolute Gasteiger partial charge is 0.186 e. The molecule has 5 N–H and O–H groups in total. The van der Waals surface area contributed by atoms with Gasteiger partial charge in [0.1, 0.15) is 30.1 Å². The van der Waals surface area contributed by atoms with Crippen LogP contribution in [0.5, 0.6) is 0 Å². The lowest BCUT2D eigenvalue weighted by Gasteiger charge is -2.59. The Labute approximate surface area is 245 Å². The fourth-order valence-corrected chi connectivity index (χ4v) is 11.3. The second-order valence-corrected chi connectivity index (χ2v) is 15.6. The van der Waals surface area contributed by atoms with E-state index in [9.17, 15) is 20.4 Å². The van der Waals surface area contributed by atoms with Crippen molar-refractivity contribution >= 4 is 0 Å². The average molecular weight is 576 g/mol. The fraction of sp³-hybridized carbons (Fsp3) is 0.939. The van der Waals surface area contributed by atoms with E-state index < -0.39 is 37.3 Å². The van der Waals surface area contributed by atoms with Crippen molar-refractivity contribution in [2.75, 3.05) is 13.2 Å². The summed E-state index contributed by atoms with van der Waals surface area (Å²) in [6, 6.07) is 0. The summed E-state index contributed by atoms with van der Waals surface area (Å²) >= 11 is 0. The summed E-state index contributed by atoms with van der Waals surface area (Å²) in [5, 5.41) is 44.3. The lowest BCUT2D eigenvalue weighted by Crippen LogP contribution is -2.60. The molecule has 3 saturated heterocycles. The van der Waals surface area contributed by atoms with E-state index in [4.69, 9.17) is 14.2 Å². The zero-order valence-corrected chi connectivity index (χ0v) is 25.4. The van der Waals surface area contributed by atoms with Crippen LogP contribution < -0.4 is 5.32 Å². The van der Waals surface area contributed by atoms with Crippen molar-refractivity contribution in [1.29, 1.82) is 0 Å². The predicted octanol–water partition coefficient (Wildman–Crippen LogP) is 3.11. The van der Waals surface area contributed by atoms with Gasteiger partial charge in [0.15, 0.2) is 6.29 Å². The highest BCUT2D eigenvalue weighted by molar-refractivity contribution is 5.26. The van der Waals surface area contributed by atoms with E-state index in [1.54, 1.807) is 0 Å². The Morgan fingerprint density at radius 3 is 2.54 bits per heavy atom. The molecule has 16 atom stereocenters. The van der Waals surface area contributed by atoms with Crippen LogP contribution in [0.25, 0.3) is 0 Å². The van der Waals surface area contributed by atoms with Gasteiger partial charge in [0.2, 0.25) is 0 Å². The molecular formula is C33H53NO7. The Morgan fingerprint density at radius 2 is 1.80 bits per heavy atom. The summed E-state index contributed by atoms with van der Waals surface area (Å²) in [4.78, 5) is 0. The Kier molecular flexibility index (Phi) is 7.27. The van der Waals surface area contributed by atoms with Gasteiger partial charge < -0.3 is 34.6 Å². The molecular weight excluding hydrogens is 522 g/mol. The quantitative estimate of drug-likeness (QED) is 0.326. The van der Waals surface area contributed by atoms with Crippen molar-refractivity contribution < 1.29 is 34.6 Å². The van der Waals surface area contributed by atoms with Crippen LogP contribution in [0.3, 0.4) is 0 Å². The minimum atomic E-state index is -1.41. The number of nitrogens with one attached hydrogen (secondary N) is 1. The van der Waals surface area contributed by atoms with Gasteiger partial charge in [-0.25, -0.2) is 0 Å². The number of aliphatic hydroxyl groups is 4. The maximum Gasteiger partial charge on any atom is 0.186 e. The molecule has 8 unspecified atom stereocenters. The van der Waals surface area contributed by atoms with Gasteiger partial charge in [-0.05, 0) is 98.2 Å². The summed E-state index contributed by atoms with van der Waals surface area (Å²) in [5.41, 5.74) is 1.86. The largest absolute Gasteiger partial charge is 0.394 e. The van der Waals surface area contributed by atoms with Gasteiger partial charge in [0, 0.05) is 12.5 Å². The summed E-state index contributed by atoms with van der Waals surface area (Å²) < 4.78 is 18.9. The molecule has 0 radical (unpaired) electrons. The predicted molar refractivity (Wildman–Crippen MR) is 152 cm³/mol. The second kappa shape index (κ2) is 10.2. The number of fused-ring (bicyclic) bond motifs is 7. The highest BCUT2D eigenvalue weighted by Crippen LogP contribution is 2.70. The van der Waals surface area contributed by atoms with Gasteiger partial charge in [-0.1, -0.05) is 39.3 Å². The van der Waals surface area contributed by atoms with Gasteiger partial charge >= 0.3 is 0 Å².